The Labute approximate surface area is 117 Å². The lowest BCUT2D eigenvalue weighted by molar-refractivity contribution is 0.210. The van der Waals surface area contributed by atoms with Crippen molar-refractivity contribution in [3.05, 3.63) is 53.6 Å². The van der Waals surface area contributed by atoms with Crippen LogP contribution in [0.2, 0.25) is 0 Å². The highest BCUT2D eigenvalue weighted by atomic mass is 19.1. The summed E-state index contributed by atoms with van der Waals surface area (Å²) in [6.07, 6.45) is 2.97. The summed E-state index contributed by atoms with van der Waals surface area (Å²) < 4.78 is 24.0. The Hall–Kier alpha value is -2.10. The Morgan fingerprint density at radius 2 is 2.25 bits per heavy atom. The van der Waals surface area contributed by atoms with Crippen LogP contribution >= 0.6 is 0 Å². The maximum atomic E-state index is 12.8. The average molecular weight is 273 g/mol. The fraction of sp³-hybridized carbons (Fsp3) is 0.312. The molecule has 1 aliphatic rings. The Balaban J connectivity index is 1.74. The van der Waals surface area contributed by atoms with Crippen molar-refractivity contribution in [2.24, 2.45) is 5.92 Å². The van der Waals surface area contributed by atoms with Crippen molar-refractivity contribution >= 4 is 0 Å². The zero-order chi connectivity index (χ0) is 13.9. The van der Waals surface area contributed by atoms with E-state index in [1.807, 2.05) is 12.1 Å². The van der Waals surface area contributed by atoms with Gasteiger partial charge in [-0.15, -0.1) is 0 Å². The quantitative estimate of drug-likeness (QED) is 0.861. The lowest BCUT2D eigenvalue weighted by Crippen LogP contribution is -2.23. The van der Waals surface area contributed by atoms with Crippen LogP contribution in [0.1, 0.15) is 11.3 Å². The van der Waals surface area contributed by atoms with Crippen molar-refractivity contribution in [1.82, 2.24) is 4.98 Å². The summed E-state index contributed by atoms with van der Waals surface area (Å²) in [5.74, 6) is 1.68. The second kappa shape index (κ2) is 5.49. The first-order valence-corrected chi connectivity index (χ1v) is 6.65. The predicted molar refractivity (Wildman–Crippen MR) is 73.6 cm³/mol. The molecule has 0 aliphatic carbocycles. The molecule has 3 nitrogen and oxygen atoms in total. The Morgan fingerprint density at radius 1 is 1.35 bits per heavy atom. The van der Waals surface area contributed by atoms with Crippen molar-refractivity contribution in [3.63, 3.8) is 0 Å². The first kappa shape index (κ1) is 12.9. The van der Waals surface area contributed by atoms with E-state index in [1.165, 1.54) is 12.3 Å². The highest BCUT2D eigenvalue weighted by Crippen LogP contribution is 2.36. The summed E-state index contributed by atoms with van der Waals surface area (Å²) in [6.45, 7) is 0.631. The number of aromatic nitrogens is 1. The van der Waals surface area contributed by atoms with Gasteiger partial charge in [0.1, 0.15) is 5.82 Å². The van der Waals surface area contributed by atoms with Crippen LogP contribution in [0, 0.1) is 11.7 Å². The molecule has 20 heavy (non-hydrogen) atoms. The van der Waals surface area contributed by atoms with Crippen molar-refractivity contribution in [3.8, 4) is 11.5 Å². The summed E-state index contributed by atoms with van der Waals surface area (Å²) in [7, 11) is 1.65. The van der Waals surface area contributed by atoms with Gasteiger partial charge < -0.3 is 9.47 Å². The summed E-state index contributed by atoms with van der Waals surface area (Å²) >= 11 is 0. The van der Waals surface area contributed by atoms with Gasteiger partial charge in [0.25, 0.3) is 0 Å². The molecule has 104 valence electrons. The Bertz CT molecular complexity index is 598. The van der Waals surface area contributed by atoms with Crippen LogP contribution in [0.4, 0.5) is 4.39 Å². The van der Waals surface area contributed by atoms with Gasteiger partial charge in [0.2, 0.25) is 0 Å². The van der Waals surface area contributed by atoms with E-state index in [0.29, 0.717) is 12.5 Å². The maximum absolute atomic E-state index is 12.8. The number of fused-ring (bicyclic) bond motifs is 1. The largest absolute Gasteiger partial charge is 0.493 e. The number of pyridine rings is 1. The minimum atomic E-state index is -0.302. The van der Waals surface area contributed by atoms with Crippen molar-refractivity contribution in [1.29, 1.82) is 0 Å². The number of benzene rings is 1. The Kier molecular flexibility index (Phi) is 3.54. The van der Waals surface area contributed by atoms with E-state index in [0.717, 1.165) is 35.6 Å². The van der Waals surface area contributed by atoms with Gasteiger partial charge >= 0.3 is 0 Å². The number of rotatable bonds is 3. The minimum absolute atomic E-state index is 0.302. The van der Waals surface area contributed by atoms with Crippen molar-refractivity contribution in [2.75, 3.05) is 13.7 Å². The number of ether oxygens (including phenoxy) is 2. The van der Waals surface area contributed by atoms with Crippen LogP contribution in [-0.2, 0) is 12.8 Å². The van der Waals surface area contributed by atoms with Crippen LogP contribution in [0.15, 0.2) is 36.5 Å². The van der Waals surface area contributed by atoms with E-state index in [1.54, 1.807) is 13.2 Å². The van der Waals surface area contributed by atoms with E-state index in [4.69, 9.17) is 9.47 Å². The molecule has 1 atom stereocenters. The van der Waals surface area contributed by atoms with E-state index in [2.05, 4.69) is 11.1 Å². The molecule has 1 aromatic heterocycles. The number of methoxy groups -OCH3 is 1. The topological polar surface area (TPSA) is 31.4 Å². The van der Waals surface area contributed by atoms with Crippen LogP contribution in [0.5, 0.6) is 11.5 Å². The zero-order valence-electron chi connectivity index (χ0n) is 11.3. The molecular weight excluding hydrogens is 257 g/mol. The van der Waals surface area contributed by atoms with Gasteiger partial charge in [0, 0.05) is 11.6 Å². The van der Waals surface area contributed by atoms with E-state index < -0.39 is 0 Å². The standard InChI is InChI=1S/C16H16FNO2/c1-19-15-4-2-3-12-7-11(10-20-16(12)15)8-14-6-5-13(17)9-18-14/h2-6,9,11H,7-8,10H2,1H3/t11-/m0/s1. The average Bonchev–Trinajstić information content (AvgIpc) is 2.49. The van der Waals surface area contributed by atoms with Gasteiger partial charge in [-0.2, -0.15) is 0 Å². The van der Waals surface area contributed by atoms with Crippen molar-refractivity contribution in [2.45, 2.75) is 12.8 Å². The molecule has 0 saturated heterocycles. The van der Waals surface area contributed by atoms with Gasteiger partial charge in [-0.1, -0.05) is 12.1 Å². The highest BCUT2D eigenvalue weighted by molar-refractivity contribution is 5.47. The molecule has 0 amide bonds. The number of nitrogens with zero attached hydrogens (tertiary/aromatic N) is 1. The molecule has 2 heterocycles. The molecule has 1 aliphatic heterocycles. The lowest BCUT2D eigenvalue weighted by Gasteiger charge is -2.26. The van der Waals surface area contributed by atoms with Crippen molar-refractivity contribution < 1.29 is 13.9 Å². The third-order valence-corrected chi connectivity index (χ3v) is 3.54. The molecule has 0 fully saturated rings. The molecule has 1 aromatic carbocycles. The molecule has 2 aromatic rings. The second-order valence-corrected chi connectivity index (χ2v) is 5.00. The molecule has 4 heteroatoms. The monoisotopic (exact) mass is 273 g/mol. The van der Waals surface area contributed by atoms with Gasteiger partial charge in [-0.3, -0.25) is 4.98 Å². The summed E-state index contributed by atoms with van der Waals surface area (Å²) in [5.41, 5.74) is 2.05. The van der Waals surface area contributed by atoms with Crippen LogP contribution in [0.25, 0.3) is 0 Å². The van der Waals surface area contributed by atoms with E-state index >= 15 is 0 Å². The van der Waals surface area contributed by atoms with Crippen LogP contribution < -0.4 is 9.47 Å². The third-order valence-electron chi connectivity index (χ3n) is 3.54. The van der Waals surface area contributed by atoms with E-state index in [-0.39, 0.29) is 5.82 Å². The minimum Gasteiger partial charge on any atom is -0.493 e. The molecule has 0 saturated carbocycles. The molecular formula is C16H16FNO2. The highest BCUT2D eigenvalue weighted by Gasteiger charge is 2.23. The third kappa shape index (κ3) is 2.59. The SMILES string of the molecule is COc1cccc2c1OC[C@H](Cc1ccc(F)cn1)C2. The van der Waals surface area contributed by atoms with Gasteiger partial charge in [-0.05, 0) is 36.6 Å². The fourth-order valence-corrected chi connectivity index (χ4v) is 2.57. The number of halogens is 1. The first-order chi connectivity index (χ1) is 9.76. The lowest BCUT2D eigenvalue weighted by atomic mass is 9.92. The normalized spacial score (nSPS) is 17.2. The summed E-state index contributed by atoms with van der Waals surface area (Å²) in [6, 6.07) is 9.11. The molecule has 0 N–H and O–H groups in total. The fourth-order valence-electron chi connectivity index (χ4n) is 2.57. The number of hydrogen-bond donors (Lipinski definition) is 0. The maximum Gasteiger partial charge on any atom is 0.164 e. The van der Waals surface area contributed by atoms with Crippen LogP contribution in [0.3, 0.4) is 0 Å². The summed E-state index contributed by atoms with van der Waals surface area (Å²) in [4.78, 5) is 4.11. The number of para-hydroxylation sites is 1. The molecule has 0 unspecified atom stereocenters. The number of hydrogen-bond acceptors (Lipinski definition) is 3. The smallest absolute Gasteiger partial charge is 0.164 e. The van der Waals surface area contributed by atoms with Gasteiger partial charge in [0.05, 0.1) is 19.9 Å². The summed E-state index contributed by atoms with van der Waals surface area (Å²) in [5, 5.41) is 0. The predicted octanol–water partition coefficient (Wildman–Crippen LogP) is 3.02. The van der Waals surface area contributed by atoms with E-state index in [9.17, 15) is 4.39 Å². The first-order valence-electron chi connectivity index (χ1n) is 6.65. The second-order valence-electron chi connectivity index (χ2n) is 5.00. The molecule has 0 bridgehead atoms. The zero-order valence-corrected chi connectivity index (χ0v) is 11.3. The molecule has 0 spiro atoms. The molecule has 3 rings (SSSR count). The van der Waals surface area contributed by atoms with Gasteiger partial charge in [-0.25, -0.2) is 4.39 Å². The molecule has 0 radical (unpaired) electrons. The Morgan fingerprint density at radius 3 is 3.00 bits per heavy atom. The van der Waals surface area contributed by atoms with Crippen LogP contribution in [-0.4, -0.2) is 18.7 Å². The van der Waals surface area contributed by atoms with Gasteiger partial charge in [0.15, 0.2) is 11.5 Å².